The molecule has 1 aromatic carbocycles. The van der Waals surface area contributed by atoms with Crippen molar-refractivity contribution in [3.05, 3.63) is 52.3 Å². The number of amides is 2. The van der Waals surface area contributed by atoms with Crippen LogP contribution in [-0.4, -0.2) is 75.7 Å². The first kappa shape index (κ1) is 20.9. The summed E-state index contributed by atoms with van der Waals surface area (Å²) >= 11 is 6.52. The van der Waals surface area contributed by atoms with Gasteiger partial charge in [0.25, 0.3) is 5.91 Å². The van der Waals surface area contributed by atoms with Crippen molar-refractivity contribution in [1.29, 1.82) is 0 Å². The van der Waals surface area contributed by atoms with Gasteiger partial charge >= 0.3 is 6.03 Å². The molecule has 0 N–H and O–H groups in total. The van der Waals surface area contributed by atoms with Crippen LogP contribution in [0, 0.1) is 6.92 Å². The highest BCUT2D eigenvalue weighted by Crippen LogP contribution is 2.22. The third-order valence-electron chi connectivity index (χ3n) is 5.89. The molecule has 0 radical (unpaired) electrons. The largest absolute Gasteiger partial charge is 0.344 e. The van der Waals surface area contributed by atoms with E-state index in [0.29, 0.717) is 30.2 Å². The van der Waals surface area contributed by atoms with Crippen LogP contribution in [0.2, 0.25) is 5.02 Å². The van der Waals surface area contributed by atoms with E-state index in [0.717, 1.165) is 50.1 Å². The summed E-state index contributed by atoms with van der Waals surface area (Å²) in [5, 5.41) is 4.74. The molecule has 160 valence electrons. The number of likely N-dealkylation sites (tertiary alicyclic amines) is 1. The van der Waals surface area contributed by atoms with Crippen molar-refractivity contribution in [3.63, 3.8) is 0 Å². The van der Waals surface area contributed by atoms with Gasteiger partial charge in [0.15, 0.2) is 0 Å². The monoisotopic (exact) mass is 429 g/mol. The molecular weight excluding hydrogens is 402 g/mol. The standard InChI is InChI=1S/C22H28ClN5O2/c1-17-14-24-28(15-17)22(30)27-11-9-25(10-12-27)16-19-6-5-18(13-20(19)23)21(29)26-7-3-2-4-8-26/h5-6,13-15H,2-4,7-12,16H2,1H3. The van der Waals surface area contributed by atoms with E-state index in [2.05, 4.69) is 10.00 Å². The third-order valence-corrected chi connectivity index (χ3v) is 6.24. The fraction of sp³-hybridized carbons (Fsp3) is 0.500. The molecular formula is C22H28ClN5O2. The predicted octanol–water partition coefficient (Wildman–Crippen LogP) is 3.26. The SMILES string of the molecule is Cc1cnn(C(=O)N2CCN(Cc3ccc(C(=O)N4CCCCC4)cc3Cl)CC2)c1. The molecule has 0 aliphatic carbocycles. The second kappa shape index (κ2) is 9.18. The Morgan fingerprint density at radius 1 is 1.00 bits per heavy atom. The van der Waals surface area contributed by atoms with Gasteiger partial charge in [0, 0.05) is 62.6 Å². The Labute approximate surface area is 182 Å². The second-order valence-corrected chi connectivity index (χ2v) is 8.57. The van der Waals surface area contributed by atoms with Crippen LogP contribution in [0.15, 0.2) is 30.6 Å². The van der Waals surface area contributed by atoms with Crippen LogP contribution in [-0.2, 0) is 6.54 Å². The molecule has 2 saturated heterocycles. The molecule has 0 bridgehead atoms. The Morgan fingerprint density at radius 3 is 2.37 bits per heavy atom. The highest BCUT2D eigenvalue weighted by atomic mass is 35.5. The second-order valence-electron chi connectivity index (χ2n) is 8.17. The number of hydrogen-bond acceptors (Lipinski definition) is 4. The van der Waals surface area contributed by atoms with Crippen molar-refractivity contribution >= 4 is 23.5 Å². The van der Waals surface area contributed by atoms with Crippen LogP contribution in [0.1, 0.15) is 40.7 Å². The Balaban J connectivity index is 1.32. The van der Waals surface area contributed by atoms with Gasteiger partial charge in [0.2, 0.25) is 0 Å². The summed E-state index contributed by atoms with van der Waals surface area (Å²) in [6.45, 7) is 7.15. The first-order valence-corrected chi connectivity index (χ1v) is 11.0. The van der Waals surface area contributed by atoms with Gasteiger partial charge in [-0.1, -0.05) is 17.7 Å². The van der Waals surface area contributed by atoms with Gasteiger partial charge in [0.05, 0.1) is 6.20 Å². The van der Waals surface area contributed by atoms with Crippen molar-refractivity contribution in [2.45, 2.75) is 32.7 Å². The maximum Gasteiger partial charge on any atom is 0.344 e. The molecule has 1 aromatic heterocycles. The summed E-state index contributed by atoms with van der Waals surface area (Å²) in [4.78, 5) is 31.2. The van der Waals surface area contributed by atoms with Crippen molar-refractivity contribution < 1.29 is 9.59 Å². The molecule has 0 saturated carbocycles. The minimum absolute atomic E-state index is 0.0733. The zero-order valence-corrected chi connectivity index (χ0v) is 18.1. The molecule has 3 heterocycles. The van der Waals surface area contributed by atoms with Crippen molar-refractivity contribution in [2.24, 2.45) is 0 Å². The fourth-order valence-electron chi connectivity index (χ4n) is 4.09. The summed E-state index contributed by atoms with van der Waals surface area (Å²) < 4.78 is 1.40. The number of nitrogens with zero attached hydrogens (tertiary/aromatic N) is 5. The minimum atomic E-state index is -0.0821. The number of carbonyl (C=O) groups is 2. The normalized spacial score (nSPS) is 17.9. The van der Waals surface area contributed by atoms with Gasteiger partial charge in [-0.15, -0.1) is 0 Å². The lowest BCUT2D eigenvalue weighted by Gasteiger charge is -2.34. The third kappa shape index (κ3) is 4.68. The van der Waals surface area contributed by atoms with E-state index in [1.807, 2.05) is 28.9 Å². The highest BCUT2D eigenvalue weighted by Gasteiger charge is 2.24. The lowest BCUT2D eigenvalue weighted by Crippen LogP contribution is -2.49. The molecule has 30 heavy (non-hydrogen) atoms. The van der Waals surface area contributed by atoms with Gasteiger partial charge in [-0.3, -0.25) is 9.69 Å². The minimum Gasteiger partial charge on any atom is -0.339 e. The molecule has 0 unspecified atom stereocenters. The summed E-state index contributed by atoms with van der Waals surface area (Å²) in [5.74, 6) is 0.0733. The molecule has 7 nitrogen and oxygen atoms in total. The van der Waals surface area contributed by atoms with Crippen molar-refractivity contribution in [1.82, 2.24) is 24.5 Å². The number of piperazine rings is 1. The average Bonchev–Trinajstić information content (AvgIpc) is 3.21. The van der Waals surface area contributed by atoms with E-state index >= 15 is 0 Å². The zero-order chi connectivity index (χ0) is 21.1. The van der Waals surface area contributed by atoms with E-state index in [-0.39, 0.29) is 11.9 Å². The molecule has 8 heteroatoms. The molecule has 2 fully saturated rings. The summed E-state index contributed by atoms with van der Waals surface area (Å²) in [6.07, 6.45) is 6.79. The fourth-order valence-corrected chi connectivity index (χ4v) is 4.33. The number of halogens is 1. The van der Waals surface area contributed by atoms with E-state index in [1.54, 1.807) is 18.5 Å². The maximum atomic E-state index is 12.7. The molecule has 4 rings (SSSR count). The van der Waals surface area contributed by atoms with Crippen LogP contribution in [0.25, 0.3) is 0 Å². The maximum absolute atomic E-state index is 12.7. The predicted molar refractivity (Wildman–Crippen MR) is 116 cm³/mol. The topological polar surface area (TPSA) is 61.7 Å². The summed E-state index contributed by atoms with van der Waals surface area (Å²) in [7, 11) is 0. The Hall–Kier alpha value is -2.38. The van der Waals surface area contributed by atoms with Crippen LogP contribution in [0.5, 0.6) is 0 Å². The summed E-state index contributed by atoms with van der Waals surface area (Å²) in [5.41, 5.74) is 2.64. The van der Waals surface area contributed by atoms with Crippen LogP contribution >= 0.6 is 11.6 Å². The van der Waals surface area contributed by atoms with Gasteiger partial charge in [-0.25, -0.2) is 4.79 Å². The van der Waals surface area contributed by atoms with Crippen LogP contribution < -0.4 is 0 Å². The van der Waals surface area contributed by atoms with E-state index < -0.39 is 0 Å². The van der Waals surface area contributed by atoms with E-state index in [4.69, 9.17) is 11.6 Å². The highest BCUT2D eigenvalue weighted by molar-refractivity contribution is 6.31. The smallest absolute Gasteiger partial charge is 0.339 e. The number of carbonyl (C=O) groups excluding carboxylic acids is 2. The first-order chi connectivity index (χ1) is 14.5. The number of aromatic nitrogens is 2. The van der Waals surface area contributed by atoms with Gasteiger partial charge < -0.3 is 9.80 Å². The number of benzene rings is 1. The molecule has 2 aromatic rings. The average molecular weight is 430 g/mol. The lowest BCUT2D eigenvalue weighted by molar-refractivity contribution is 0.0724. The number of rotatable bonds is 3. The molecule has 0 atom stereocenters. The van der Waals surface area contributed by atoms with E-state index in [9.17, 15) is 9.59 Å². The van der Waals surface area contributed by atoms with Crippen molar-refractivity contribution in [3.8, 4) is 0 Å². The Morgan fingerprint density at radius 2 is 1.73 bits per heavy atom. The van der Waals surface area contributed by atoms with Gasteiger partial charge in [-0.2, -0.15) is 9.78 Å². The lowest BCUT2D eigenvalue weighted by atomic mass is 10.1. The Bertz CT molecular complexity index is 914. The summed E-state index contributed by atoms with van der Waals surface area (Å²) in [6, 6.07) is 5.57. The Kier molecular flexibility index (Phi) is 6.39. The number of piperidine rings is 1. The van der Waals surface area contributed by atoms with Gasteiger partial charge in [0.1, 0.15) is 0 Å². The molecule has 2 aliphatic heterocycles. The van der Waals surface area contributed by atoms with E-state index in [1.165, 1.54) is 11.1 Å². The number of hydrogen-bond donors (Lipinski definition) is 0. The molecule has 0 spiro atoms. The van der Waals surface area contributed by atoms with Crippen LogP contribution in [0.3, 0.4) is 0 Å². The first-order valence-electron chi connectivity index (χ1n) is 10.6. The molecule has 2 aliphatic rings. The zero-order valence-electron chi connectivity index (χ0n) is 17.4. The van der Waals surface area contributed by atoms with Crippen molar-refractivity contribution in [2.75, 3.05) is 39.3 Å². The number of aryl methyl sites for hydroxylation is 1. The molecule has 2 amide bonds. The van der Waals surface area contributed by atoms with Gasteiger partial charge in [-0.05, 0) is 49.4 Å². The van der Waals surface area contributed by atoms with Crippen LogP contribution in [0.4, 0.5) is 4.79 Å². The quantitative estimate of drug-likeness (QED) is 0.751.